The first-order chi connectivity index (χ1) is 16.1. The number of rotatable bonds is 8. The van der Waals surface area contributed by atoms with E-state index in [1.165, 1.54) is 31.3 Å². The number of ether oxygens (including phenoxy) is 2. The molecule has 0 saturated carbocycles. The van der Waals surface area contributed by atoms with Gasteiger partial charge in [-0.1, -0.05) is 23.9 Å². The fraction of sp³-hybridized carbons (Fsp3) is 0.0870. The van der Waals surface area contributed by atoms with Crippen molar-refractivity contribution in [3.8, 4) is 11.5 Å². The molecule has 0 unspecified atom stereocenters. The first-order valence-electron chi connectivity index (χ1n) is 9.73. The lowest BCUT2D eigenvalue weighted by Crippen LogP contribution is -2.19. The molecule has 0 radical (unpaired) electrons. The molecule has 0 aliphatic heterocycles. The highest BCUT2D eigenvalue weighted by atomic mass is 32.2. The smallest absolute Gasteiger partial charge is 0.345 e. The van der Waals surface area contributed by atoms with Gasteiger partial charge < -0.3 is 9.47 Å². The number of nitrogens with zero attached hydrogens (tertiary/aromatic N) is 3. The number of fused-ring (bicyclic) bond motifs is 1. The summed E-state index contributed by atoms with van der Waals surface area (Å²) in [6.07, 6.45) is 4.48. The summed E-state index contributed by atoms with van der Waals surface area (Å²) in [5, 5.41) is 3.98. The number of pyridine rings is 1. The van der Waals surface area contributed by atoms with E-state index in [0.29, 0.717) is 16.9 Å². The monoisotopic (exact) mass is 478 g/mol. The number of methoxy groups -OCH3 is 1. The third-order valence-corrected chi connectivity index (χ3v) is 6.47. The number of nitrogens with one attached hydrogen (secondary N) is 1. The maximum atomic E-state index is 12.2. The van der Waals surface area contributed by atoms with Crippen molar-refractivity contribution < 1.29 is 19.1 Å². The zero-order valence-corrected chi connectivity index (χ0v) is 19.1. The summed E-state index contributed by atoms with van der Waals surface area (Å²) < 4.78 is 12.6. The Hall–Kier alpha value is -3.76. The average Bonchev–Trinajstić information content (AvgIpc) is 3.27. The number of benzene rings is 2. The lowest BCUT2D eigenvalue weighted by molar-refractivity contribution is -0.118. The van der Waals surface area contributed by atoms with Crippen LogP contribution in [0.5, 0.6) is 11.5 Å². The predicted octanol–water partition coefficient (Wildman–Crippen LogP) is 4.16. The Labute approximate surface area is 197 Å². The summed E-state index contributed by atoms with van der Waals surface area (Å²) in [5.41, 5.74) is 4.41. The quantitative estimate of drug-likeness (QED) is 0.133. The number of amides is 1. The van der Waals surface area contributed by atoms with Crippen LogP contribution in [0.4, 0.5) is 0 Å². The van der Waals surface area contributed by atoms with Crippen molar-refractivity contribution in [1.82, 2.24) is 15.4 Å². The van der Waals surface area contributed by atoms with Gasteiger partial charge in [0.05, 0.1) is 34.9 Å². The number of aromatic nitrogens is 2. The van der Waals surface area contributed by atoms with Crippen LogP contribution in [0.25, 0.3) is 10.2 Å². The molecule has 8 nitrogen and oxygen atoms in total. The third kappa shape index (κ3) is 5.93. The second-order valence-corrected chi connectivity index (χ2v) is 8.82. The van der Waals surface area contributed by atoms with Crippen molar-refractivity contribution in [2.45, 2.75) is 4.34 Å². The van der Waals surface area contributed by atoms with E-state index in [1.54, 1.807) is 47.9 Å². The Bertz CT molecular complexity index is 1280. The molecule has 0 aliphatic carbocycles. The maximum absolute atomic E-state index is 12.2. The van der Waals surface area contributed by atoms with Gasteiger partial charge in [0.15, 0.2) is 15.8 Å². The van der Waals surface area contributed by atoms with Gasteiger partial charge in [-0.3, -0.25) is 9.78 Å². The van der Waals surface area contributed by atoms with E-state index in [9.17, 15) is 9.59 Å². The summed E-state index contributed by atoms with van der Waals surface area (Å²) in [7, 11) is 1.47. The molecular weight excluding hydrogens is 460 g/mol. The van der Waals surface area contributed by atoms with E-state index in [0.717, 1.165) is 14.6 Å². The Morgan fingerprint density at radius 1 is 1.15 bits per heavy atom. The highest BCUT2D eigenvalue weighted by Crippen LogP contribution is 2.29. The summed E-state index contributed by atoms with van der Waals surface area (Å²) in [5.74, 6) is 0.0304. The molecule has 10 heteroatoms. The van der Waals surface area contributed by atoms with Crippen LogP contribution >= 0.6 is 23.1 Å². The lowest BCUT2D eigenvalue weighted by Gasteiger charge is -2.09. The second kappa shape index (κ2) is 10.7. The summed E-state index contributed by atoms with van der Waals surface area (Å²) in [4.78, 5) is 32.7. The summed E-state index contributed by atoms with van der Waals surface area (Å²) in [6.45, 7) is 0. The Kier molecular flexibility index (Phi) is 7.28. The van der Waals surface area contributed by atoms with Crippen LogP contribution in [0.2, 0.25) is 0 Å². The molecule has 0 spiro atoms. The second-order valence-electron chi connectivity index (χ2n) is 6.57. The minimum atomic E-state index is -0.541. The van der Waals surface area contributed by atoms with Gasteiger partial charge in [0.2, 0.25) is 0 Å². The number of esters is 1. The molecule has 33 heavy (non-hydrogen) atoms. The van der Waals surface area contributed by atoms with Gasteiger partial charge in [-0.25, -0.2) is 15.2 Å². The zero-order chi connectivity index (χ0) is 23.0. The van der Waals surface area contributed by atoms with Crippen molar-refractivity contribution in [1.29, 1.82) is 0 Å². The SMILES string of the molecule is COc1cc(/C=N/NC(=O)CSc2nc3ccccc3s2)ccc1OC(=O)c1cccnc1. The molecule has 1 amide bonds. The molecule has 4 aromatic rings. The minimum Gasteiger partial charge on any atom is -0.493 e. The molecule has 2 aromatic carbocycles. The summed E-state index contributed by atoms with van der Waals surface area (Å²) in [6, 6.07) is 16.0. The number of thioether (sulfide) groups is 1. The van der Waals surface area contributed by atoms with E-state index in [4.69, 9.17) is 9.47 Å². The fourth-order valence-electron chi connectivity index (χ4n) is 2.74. The molecule has 4 rings (SSSR count). The Morgan fingerprint density at radius 2 is 2.03 bits per heavy atom. The van der Waals surface area contributed by atoms with Crippen LogP contribution in [0, 0.1) is 0 Å². The lowest BCUT2D eigenvalue weighted by atomic mass is 10.2. The van der Waals surface area contributed by atoms with Crippen LogP contribution < -0.4 is 14.9 Å². The van der Waals surface area contributed by atoms with Gasteiger partial charge in [-0.05, 0) is 48.0 Å². The van der Waals surface area contributed by atoms with Gasteiger partial charge in [-0.15, -0.1) is 11.3 Å². The van der Waals surface area contributed by atoms with Crippen molar-refractivity contribution in [3.63, 3.8) is 0 Å². The molecule has 0 saturated heterocycles. The van der Waals surface area contributed by atoms with Gasteiger partial charge in [0.25, 0.3) is 5.91 Å². The van der Waals surface area contributed by atoms with Crippen molar-refractivity contribution in [2.75, 3.05) is 12.9 Å². The van der Waals surface area contributed by atoms with Gasteiger partial charge >= 0.3 is 5.97 Å². The molecule has 0 fully saturated rings. The van der Waals surface area contributed by atoms with Gasteiger partial charge in [0.1, 0.15) is 0 Å². The van der Waals surface area contributed by atoms with E-state index < -0.39 is 5.97 Å². The average molecular weight is 479 g/mol. The topological polar surface area (TPSA) is 103 Å². The minimum absolute atomic E-state index is 0.198. The van der Waals surface area contributed by atoms with E-state index in [1.807, 2.05) is 24.3 Å². The number of para-hydroxylation sites is 1. The molecular formula is C23H18N4O4S2. The van der Waals surface area contributed by atoms with Crippen LogP contribution in [-0.4, -0.2) is 40.9 Å². The van der Waals surface area contributed by atoms with Gasteiger partial charge in [0, 0.05) is 12.4 Å². The molecule has 166 valence electrons. The molecule has 0 bridgehead atoms. The molecule has 0 atom stereocenters. The first kappa shape index (κ1) is 22.4. The number of hydrogen-bond acceptors (Lipinski definition) is 9. The standard InChI is InChI=1S/C23H18N4O4S2/c1-30-19-11-15(8-9-18(19)31-22(29)16-5-4-10-24-13-16)12-25-27-21(28)14-32-23-26-17-6-2-3-7-20(17)33-23/h2-13H,14H2,1H3,(H,27,28)/b25-12+. The number of carbonyl (C=O) groups is 2. The number of hydrazone groups is 1. The predicted molar refractivity (Wildman–Crippen MR) is 128 cm³/mol. The Balaban J connectivity index is 1.31. The van der Waals surface area contributed by atoms with E-state index in [-0.39, 0.29) is 17.4 Å². The zero-order valence-electron chi connectivity index (χ0n) is 17.4. The highest BCUT2D eigenvalue weighted by molar-refractivity contribution is 8.01. The van der Waals surface area contributed by atoms with Crippen LogP contribution in [0.15, 0.2) is 76.4 Å². The largest absolute Gasteiger partial charge is 0.493 e. The normalized spacial score (nSPS) is 10.9. The maximum Gasteiger partial charge on any atom is 0.345 e. The Morgan fingerprint density at radius 3 is 2.82 bits per heavy atom. The van der Waals surface area contributed by atoms with Crippen molar-refractivity contribution in [2.24, 2.45) is 5.10 Å². The van der Waals surface area contributed by atoms with Crippen molar-refractivity contribution >= 4 is 51.4 Å². The molecule has 0 aliphatic rings. The number of carbonyl (C=O) groups excluding carboxylic acids is 2. The van der Waals surface area contributed by atoms with E-state index in [2.05, 4.69) is 20.5 Å². The van der Waals surface area contributed by atoms with Crippen LogP contribution in [0.1, 0.15) is 15.9 Å². The number of hydrogen-bond donors (Lipinski definition) is 1. The number of thiazole rings is 1. The molecule has 1 N–H and O–H groups in total. The van der Waals surface area contributed by atoms with Crippen molar-refractivity contribution in [3.05, 3.63) is 78.1 Å². The molecule has 2 aromatic heterocycles. The third-order valence-electron chi connectivity index (χ3n) is 4.29. The first-order valence-corrected chi connectivity index (χ1v) is 11.5. The fourth-order valence-corrected chi connectivity index (χ4v) is 4.60. The molecule has 2 heterocycles. The van der Waals surface area contributed by atoms with Gasteiger partial charge in [-0.2, -0.15) is 5.10 Å². The highest BCUT2D eigenvalue weighted by Gasteiger charge is 2.13. The summed E-state index contributed by atoms with van der Waals surface area (Å²) >= 11 is 2.91. The van der Waals surface area contributed by atoms with Crippen LogP contribution in [-0.2, 0) is 4.79 Å². The van der Waals surface area contributed by atoms with Crippen LogP contribution in [0.3, 0.4) is 0 Å². The van der Waals surface area contributed by atoms with E-state index >= 15 is 0 Å².